The lowest BCUT2D eigenvalue weighted by atomic mass is 10.1. The van der Waals surface area contributed by atoms with Crippen molar-refractivity contribution in [2.75, 3.05) is 20.3 Å². The number of carbonyl (C=O) groups is 1. The molecule has 3 aromatic rings. The van der Waals surface area contributed by atoms with E-state index in [1.54, 1.807) is 30.1 Å². The highest BCUT2D eigenvalue weighted by Gasteiger charge is 2.21. The van der Waals surface area contributed by atoms with Gasteiger partial charge in [0, 0.05) is 24.9 Å². The zero-order chi connectivity index (χ0) is 20.2. The van der Waals surface area contributed by atoms with Crippen molar-refractivity contribution in [3.63, 3.8) is 0 Å². The van der Waals surface area contributed by atoms with Crippen LogP contribution in [-0.2, 0) is 4.74 Å². The predicted octanol–water partition coefficient (Wildman–Crippen LogP) is 3.60. The molecule has 1 amide bonds. The molecule has 0 saturated carbocycles. The lowest BCUT2D eigenvalue weighted by molar-refractivity contribution is 0.0858. The average Bonchev–Trinajstić information content (AvgIpc) is 3.43. The number of hydrogen-bond donors (Lipinski definition) is 1. The van der Waals surface area contributed by atoms with Crippen molar-refractivity contribution in [2.45, 2.75) is 18.9 Å². The molecule has 1 atom stereocenters. The van der Waals surface area contributed by atoms with Crippen LogP contribution in [0.1, 0.15) is 23.2 Å². The number of hydrogen-bond acceptors (Lipinski definition) is 4. The van der Waals surface area contributed by atoms with Crippen molar-refractivity contribution in [3.8, 4) is 22.7 Å². The summed E-state index contributed by atoms with van der Waals surface area (Å²) >= 11 is 0. The minimum absolute atomic E-state index is 0.0476. The Morgan fingerprint density at radius 1 is 1.31 bits per heavy atom. The van der Waals surface area contributed by atoms with Crippen LogP contribution in [0.5, 0.6) is 5.75 Å². The molecule has 0 aliphatic carbocycles. The predicted molar refractivity (Wildman–Crippen MR) is 107 cm³/mol. The molecule has 7 heteroatoms. The first-order chi connectivity index (χ1) is 14.1. The third-order valence-electron chi connectivity index (χ3n) is 4.91. The molecule has 0 unspecified atom stereocenters. The molecule has 29 heavy (non-hydrogen) atoms. The fourth-order valence-corrected chi connectivity index (χ4v) is 3.36. The lowest BCUT2D eigenvalue weighted by Gasteiger charge is -2.10. The number of benzene rings is 2. The van der Waals surface area contributed by atoms with E-state index in [2.05, 4.69) is 10.4 Å². The van der Waals surface area contributed by atoms with Crippen LogP contribution in [0.4, 0.5) is 4.39 Å². The third-order valence-corrected chi connectivity index (χ3v) is 4.91. The molecule has 150 valence electrons. The largest absolute Gasteiger partial charge is 0.497 e. The third kappa shape index (κ3) is 4.30. The smallest absolute Gasteiger partial charge is 0.255 e. The van der Waals surface area contributed by atoms with E-state index >= 15 is 0 Å². The van der Waals surface area contributed by atoms with Gasteiger partial charge in [0.15, 0.2) is 0 Å². The molecule has 6 nitrogen and oxygen atoms in total. The first kappa shape index (κ1) is 19.1. The van der Waals surface area contributed by atoms with Gasteiger partial charge in [0.05, 0.1) is 24.5 Å². The molecule has 1 saturated heterocycles. The Morgan fingerprint density at radius 2 is 2.14 bits per heavy atom. The van der Waals surface area contributed by atoms with E-state index in [-0.39, 0.29) is 17.8 Å². The average molecular weight is 395 g/mol. The van der Waals surface area contributed by atoms with Crippen LogP contribution in [0, 0.1) is 5.82 Å². The van der Waals surface area contributed by atoms with Gasteiger partial charge in [-0.1, -0.05) is 12.1 Å². The Hall–Kier alpha value is -3.19. The summed E-state index contributed by atoms with van der Waals surface area (Å²) in [5.41, 5.74) is 2.37. The number of nitrogens with one attached hydrogen (secondary N) is 1. The number of amides is 1. The molecule has 1 fully saturated rings. The molecule has 1 aromatic heterocycles. The van der Waals surface area contributed by atoms with Crippen LogP contribution < -0.4 is 10.1 Å². The summed E-state index contributed by atoms with van der Waals surface area (Å²) < 4.78 is 25.8. The standard InChI is InChI=1S/C22H22FN3O3/c1-28-18-5-2-4-15(12-18)21-20(22(27)24-13-19-6-3-11-29-19)14-26(25-21)17-9-7-16(23)8-10-17/h2,4-5,7-10,12,14,19H,3,6,11,13H2,1H3,(H,24,27)/t19-/m0/s1. The second-order valence-electron chi connectivity index (χ2n) is 6.89. The van der Waals surface area contributed by atoms with Gasteiger partial charge in [0.2, 0.25) is 0 Å². The Balaban J connectivity index is 1.68. The van der Waals surface area contributed by atoms with Crippen LogP contribution >= 0.6 is 0 Å². The molecule has 1 aliphatic heterocycles. The van der Waals surface area contributed by atoms with Crippen molar-refractivity contribution in [2.24, 2.45) is 0 Å². The number of rotatable bonds is 6. The van der Waals surface area contributed by atoms with E-state index in [9.17, 15) is 9.18 Å². The summed E-state index contributed by atoms with van der Waals surface area (Å²) in [6, 6.07) is 13.3. The first-order valence-electron chi connectivity index (χ1n) is 9.54. The van der Waals surface area contributed by atoms with Crippen LogP contribution in [0.25, 0.3) is 16.9 Å². The topological polar surface area (TPSA) is 65.4 Å². The van der Waals surface area contributed by atoms with Gasteiger partial charge in [0.25, 0.3) is 5.91 Å². The summed E-state index contributed by atoms with van der Waals surface area (Å²) in [5.74, 6) is 0.111. The molecule has 4 rings (SSSR count). The maximum atomic E-state index is 13.3. The number of carbonyl (C=O) groups excluding carboxylic acids is 1. The number of methoxy groups -OCH3 is 1. The summed E-state index contributed by atoms with van der Waals surface area (Å²) in [7, 11) is 1.59. The van der Waals surface area contributed by atoms with E-state index in [0.717, 1.165) is 25.0 Å². The van der Waals surface area contributed by atoms with Gasteiger partial charge in [-0.05, 0) is 49.2 Å². The molecular weight excluding hydrogens is 373 g/mol. The van der Waals surface area contributed by atoms with E-state index in [4.69, 9.17) is 9.47 Å². The highest BCUT2D eigenvalue weighted by atomic mass is 19.1. The zero-order valence-corrected chi connectivity index (χ0v) is 16.1. The quantitative estimate of drug-likeness (QED) is 0.693. The van der Waals surface area contributed by atoms with Crippen LogP contribution in [0.3, 0.4) is 0 Å². The molecule has 0 radical (unpaired) electrons. The van der Waals surface area contributed by atoms with E-state index in [1.165, 1.54) is 12.1 Å². The van der Waals surface area contributed by atoms with Gasteiger partial charge in [-0.15, -0.1) is 0 Å². The normalized spacial score (nSPS) is 16.0. The zero-order valence-electron chi connectivity index (χ0n) is 16.1. The SMILES string of the molecule is COc1cccc(-c2nn(-c3ccc(F)cc3)cc2C(=O)NC[C@@H]2CCCO2)c1. The van der Waals surface area contributed by atoms with Crippen LogP contribution in [-0.4, -0.2) is 42.1 Å². The number of nitrogens with zero attached hydrogens (tertiary/aromatic N) is 2. The Morgan fingerprint density at radius 3 is 2.86 bits per heavy atom. The van der Waals surface area contributed by atoms with Crippen molar-refractivity contribution >= 4 is 5.91 Å². The molecule has 0 spiro atoms. The second kappa shape index (κ2) is 8.45. The monoisotopic (exact) mass is 395 g/mol. The fourth-order valence-electron chi connectivity index (χ4n) is 3.36. The Kier molecular flexibility index (Phi) is 5.57. The Labute approximate surface area is 168 Å². The summed E-state index contributed by atoms with van der Waals surface area (Å²) in [6.07, 6.45) is 3.66. The Bertz CT molecular complexity index is 995. The summed E-state index contributed by atoms with van der Waals surface area (Å²) in [5, 5.41) is 7.55. The molecule has 1 aliphatic rings. The fraction of sp³-hybridized carbons (Fsp3) is 0.273. The van der Waals surface area contributed by atoms with E-state index in [0.29, 0.717) is 29.2 Å². The van der Waals surface area contributed by atoms with Crippen LogP contribution in [0.15, 0.2) is 54.7 Å². The van der Waals surface area contributed by atoms with Crippen molar-refractivity contribution < 1.29 is 18.7 Å². The second-order valence-corrected chi connectivity index (χ2v) is 6.89. The maximum Gasteiger partial charge on any atom is 0.255 e. The number of halogens is 1. The molecule has 2 aromatic carbocycles. The van der Waals surface area contributed by atoms with Crippen molar-refractivity contribution in [3.05, 3.63) is 66.1 Å². The molecule has 0 bridgehead atoms. The van der Waals surface area contributed by atoms with Crippen molar-refractivity contribution in [1.29, 1.82) is 0 Å². The van der Waals surface area contributed by atoms with Gasteiger partial charge < -0.3 is 14.8 Å². The highest BCUT2D eigenvalue weighted by Crippen LogP contribution is 2.27. The van der Waals surface area contributed by atoms with Gasteiger partial charge in [-0.3, -0.25) is 4.79 Å². The van der Waals surface area contributed by atoms with E-state index in [1.807, 2.05) is 24.3 Å². The van der Waals surface area contributed by atoms with Crippen LogP contribution in [0.2, 0.25) is 0 Å². The number of aromatic nitrogens is 2. The van der Waals surface area contributed by atoms with Crippen molar-refractivity contribution in [1.82, 2.24) is 15.1 Å². The van der Waals surface area contributed by atoms with E-state index < -0.39 is 0 Å². The number of ether oxygens (including phenoxy) is 2. The highest BCUT2D eigenvalue weighted by molar-refractivity contribution is 6.00. The van der Waals surface area contributed by atoms with Gasteiger partial charge in [-0.2, -0.15) is 5.10 Å². The molecular formula is C22H22FN3O3. The van der Waals surface area contributed by atoms with Gasteiger partial charge in [-0.25, -0.2) is 9.07 Å². The summed E-state index contributed by atoms with van der Waals surface area (Å²) in [6.45, 7) is 1.19. The minimum Gasteiger partial charge on any atom is -0.497 e. The first-order valence-corrected chi connectivity index (χ1v) is 9.54. The molecule has 1 N–H and O–H groups in total. The maximum absolute atomic E-state index is 13.3. The molecule has 2 heterocycles. The van der Waals surface area contributed by atoms with Gasteiger partial charge >= 0.3 is 0 Å². The summed E-state index contributed by atoms with van der Waals surface area (Å²) in [4.78, 5) is 12.9. The minimum atomic E-state index is -0.330. The lowest BCUT2D eigenvalue weighted by Crippen LogP contribution is -2.31. The van der Waals surface area contributed by atoms with Gasteiger partial charge in [0.1, 0.15) is 17.3 Å².